The third-order valence-electron chi connectivity index (χ3n) is 3.54. The summed E-state index contributed by atoms with van der Waals surface area (Å²) in [7, 11) is 0. The lowest BCUT2D eigenvalue weighted by atomic mass is 9.98. The van der Waals surface area contributed by atoms with E-state index >= 15 is 0 Å². The highest BCUT2D eigenvalue weighted by Gasteiger charge is 2.15. The van der Waals surface area contributed by atoms with E-state index in [1.807, 2.05) is 38.1 Å². The summed E-state index contributed by atoms with van der Waals surface area (Å²) in [6.45, 7) is 3.96. The first-order valence-corrected chi connectivity index (χ1v) is 6.73. The smallest absolute Gasteiger partial charge is 0.195 e. The van der Waals surface area contributed by atoms with Crippen molar-refractivity contribution in [1.29, 1.82) is 5.26 Å². The summed E-state index contributed by atoms with van der Waals surface area (Å²) in [5, 5.41) is 9.80. The van der Waals surface area contributed by atoms with Crippen molar-refractivity contribution in [3.8, 4) is 6.07 Å². The molecule has 0 amide bonds. The maximum Gasteiger partial charge on any atom is 0.195 e. The Bertz CT molecular complexity index is 877. The first kappa shape index (κ1) is 13.1. The van der Waals surface area contributed by atoms with Gasteiger partial charge in [-0.15, -0.1) is 0 Å². The molecule has 3 rings (SSSR count). The molecule has 3 nitrogen and oxygen atoms in total. The topological polar surface area (TPSA) is 56.6 Å². The molecule has 0 aliphatic carbocycles. The Morgan fingerprint density at radius 1 is 1.10 bits per heavy atom. The zero-order valence-electron chi connectivity index (χ0n) is 11.9. The van der Waals surface area contributed by atoms with Gasteiger partial charge in [0.1, 0.15) is 0 Å². The molecule has 0 unspecified atom stereocenters. The second-order valence-corrected chi connectivity index (χ2v) is 5.28. The fourth-order valence-electron chi connectivity index (χ4n) is 2.64. The van der Waals surface area contributed by atoms with Gasteiger partial charge >= 0.3 is 0 Å². The van der Waals surface area contributed by atoms with E-state index < -0.39 is 0 Å². The van der Waals surface area contributed by atoms with E-state index in [0.29, 0.717) is 16.7 Å². The van der Waals surface area contributed by atoms with Gasteiger partial charge in [0.25, 0.3) is 0 Å². The average molecular weight is 274 g/mol. The number of aryl methyl sites for hydroxylation is 2. The molecule has 0 saturated heterocycles. The van der Waals surface area contributed by atoms with E-state index in [0.717, 1.165) is 22.0 Å². The molecule has 0 aliphatic heterocycles. The zero-order chi connectivity index (χ0) is 15.0. The number of H-pyrrole nitrogens is 1. The quantitative estimate of drug-likeness (QED) is 0.721. The van der Waals surface area contributed by atoms with Crippen molar-refractivity contribution in [1.82, 2.24) is 4.98 Å². The number of nitriles is 1. The van der Waals surface area contributed by atoms with Crippen LogP contribution in [-0.4, -0.2) is 10.8 Å². The summed E-state index contributed by atoms with van der Waals surface area (Å²) < 4.78 is 0. The third-order valence-corrected chi connectivity index (χ3v) is 3.54. The molecule has 0 saturated carbocycles. The van der Waals surface area contributed by atoms with Crippen LogP contribution in [-0.2, 0) is 0 Å². The molecule has 21 heavy (non-hydrogen) atoms. The predicted molar refractivity (Wildman–Crippen MR) is 82.4 cm³/mol. The number of ketones is 1. The van der Waals surface area contributed by atoms with Crippen LogP contribution in [0.25, 0.3) is 10.9 Å². The Labute approximate surface area is 122 Å². The van der Waals surface area contributed by atoms with Crippen molar-refractivity contribution in [2.75, 3.05) is 0 Å². The van der Waals surface area contributed by atoms with Crippen LogP contribution in [0, 0.1) is 25.2 Å². The van der Waals surface area contributed by atoms with Gasteiger partial charge in [-0.1, -0.05) is 17.2 Å². The Hall–Kier alpha value is -2.86. The van der Waals surface area contributed by atoms with Gasteiger partial charge in [-0.2, -0.15) is 5.26 Å². The first-order valence-electron chi connectivity index (χ1n) is 6.73. The van der Waals surface area contributed by atoms with Gasteiger partial charge in [-0.05, 0) is 44.2 Å². The number of aromatic nitrogens is 1. The number of hydrogen-bond donors (Lipinski definition) is 1. The summed E-state index contributed by atoms with van der Waals surface area (Å²) in [5.74, 6) is -0.0249. The lowest BCUT2D eigenvalue weighted by Gasteiger charge is -2.04. The second-order valence-electron chi connectivity index (χ2n) is 5.28. The van der Waals surface area contributed by atoms with Crippen LogP contribution in [0.4, 0.5) is 0 Å². The van der Waals surface area contributed by atoms with Gasteiger partial charge in [0.15, 0.2) is 5.78 Å². The van der Waals surface area contributed by atoms with E-state index in [1.165, 1.54) is 0 Å². The normalized spacial score (nSPS) is 10.5. The van der Waals surface area contributed by atoms with Gasteiger partial charge in [-0.3, -0.25) is 4.79 Å². The van der Waals surface area contributed by atoms with Crippen LogP contribution in [0.5, 0.6) is 0 Å². The molecule has 0 spiro atoms. The van der Waals surface area contributed by atoms with Gasteiger partial charge in [0, 0.05) is 28.2 Å². The molecule has 1 heterocycles. The molecule has 2 aromatic carbocycles. The molecule has 0 radical (unpaired) electrons. The highest BCUT2D eigenvalue weighted by Crippen LogP contribution is 2.23. The Morgan fingerprint density at radius 3 is 2.48 bits per heavy atom. The van der Waals surface area contributed by atoms with Crippen LogP contribution in [0.2, 0.25) is 0 Å². The van der Waals surface area contributed by atoms with Crippen molar-refractivity contribution in [3.63, 3.8) is 0 Å². The summed E-state index contributed by atoms with van der Waals surface area (Å²) >= 11 is 0. The minimum absolute atomic E-state index is 0.0249. The van der Waals surface area contributed by atoms with Crippen LogP contribution < -0.4 is 0 Å². The fourth-order valence-corrected chi connectivity index (χ4v) is 2.64. The molecular formula is C18H14N2O. The lowest BCUT2D eigenvalue weighted by molar-refractivity contribution is 0.104. The summed E-state index contributed by atoms with van der Waals surface area (Å²) in [6, 6.07) is 13.2. The van der Waals surface area contributed by atoms with E-state index in [-0.39, 0.29) is 5.78 Å². The number of nitrogens with one attached hydrogen (secondary N) is 1. The number of carbonyl (C=O) groups is 1. The third kappa shape index (κ3) is 2.32. The number of carbonyl (C=O) groups excluding carboxylic acids is 1. The summed E-state index contributed by atoms with van der Waals surface area (Å²) in [6.07, 6.45) is 1.71. The van der Waals surface area contributed by atoms with Gasteiger partial charge in [-0.25, -0.2) is 0 Å². The zero-order valence-corrected chi connectivity index (χ0v) is 11.9. The number of fused-ring (bicyclic) bond motifs is 1. The number of nitrogens with zero attached hydrogens (tertiary/aromatic N) is 1. The van der Waals surface area contributed by atoms with Crippen molar-refractivity contribution in [2.45, 2.75) is 13.8 Å². The maximum absolute atomic E-state index is 12.7. The summed E-state index contributed by atoms with van der Waals surface area (Å²) in [5.41, 5.74) is 4.83. The Morgan fingerprint density at radius 2 is 1.81 bits per heavy atom. The van der Waals surface area contributed by atoms with Gasteiger partial charge < -0.3 is 4.98 Å². The van der Waals surface area contributed by atoms with E-state index in [4.69, 9.17) is 5.26 Å². The maximum atomic E-state index is 12.7. The van der Waals surface area contributed by atoms with Crippen molar-refractivity contribution >= 4 is 16.7 Å². The minimum atomic E-state index is -0.0249. The van der Waals surface area contributed by atoms with Crippen LogP contribution in [0.15, 0.2) is 42.6 Å². The SMILES string of the molecule is Cc1cc(C)cc(C(=O)c2c[nH]c3ccc(C#N)cc23)c1. The molecule has 0 fully saturated rings. The van der Waals surface area contributed by atoms with Crippen molar-refractivity contribution in [3.05, 3.63) is 70.4 Å². The van der Waals surface area contributed by atoms with E-state index in [9.17, 15) is 4.79 Å². The van der Waals surface area contributed by atoms with Crippen LogP contribution in [0.3, 0.4) is 0 Å². The number of rotatable bonds is 2. The van der Waals surface area contributed by atoms with Gasteiger partial charge in [0.05, 0.1) is 11.6 Å². The van der Waals surface area contributed by atoms with Crippen LogP contribution >= 0.6 is 0 Å². The minimum Gasteiger partial charge on any atom is -0.360 e. The molecule has 102 valence electrons. The molecular weight excluding hydrogens is 260 g/mol. The number of benzene rings is 2. The molecule has 0 bridgehead atoms. The lowest BCUT2D eigenvalue weighted by Crippen LogP contribution is -2.01. The monoisotopic (exact) mass is 274 g/mol. The molecule has 3 aromatic rings. The first-order chi connectivity index (χ1) is 10.1. The molecule has 3 heteroatoms. The fraction of sp³-hybridized carbons (Fsp3) is 0.111. The highest BCUT2D eigenvalue weighted by atomic mass is 16.1. The second kappa shape index (κ2) is 4.92. The van der Waals surface area contributed by atoms with Crippen molar-refractivity contribution in [2.24, 2.45) is 0 Å². The van der Waals surface area contributed by atoms with Crippen molar-refractivity contribution < 1.29 is 4.79 Å². The molecule has 1 N–H and O–H groups in total. The number of aromatic amines is 1. The van der Waals surface area contributed by atoms with Crippen LogP contribution in [0.1, 0.15) is 32.6 Å². The number of hydrogen-bond acceptors (Lipinski definition) is 2. The largest absolute Gasteiger partial charge is 0.360 e. The predicted octanol–water partition coefficient (Wildman–Crippen LogP) is 3.89. The standard InChI is InChI=1S/C18H14N2O/c1-11-5-12(2)7-14(6-11)18(21)16-10-20-17-4-3-13(9-19)8-15(16)17/h3-8,10,20H,1-2H3. The van der Waals surface area contributed by atoms with E-state index in [1.54, 1.807) is 18.3 Å². The highest BCUT2D eigenvalue weighted by molar-refractivity contribution is 6.16. The average Bonchev–Trinajstić information content (AvgIpc) is 2.88. The van der Waals surface area contributed by atoms with Gasteiger partial charge in [0.2, 0.25) is 0 Å². The Kier molecular flexibility index (Phi) is 3.08. The van der Waals surface area contributed by atoms with E-state index in [2.05, 4.69) is 11.1 Å². The molecule has 0 atom stereocenters. The molecule has 0 aliphatic rings. The Balaban J connectivity index is 2.15. The molecule has 1 aromatic heterocycles. The summed E-state index contributed by atoms with van der Waals surface area (Å²) in [4.78, 5) is 15.8.